The number of hydrogen-bond acceptors (Lipinski definition) is 3. The fraction of sp³-hybridized carbons (Fsp3) is 0.581. The maximum absolute atomic E-state index is 9.60. The molecule has 3 heteroatoms. The van der Waals surface area contributed by atoms with Crippen LogP contribution < -0.4 is 0 Å². The molecule has 0 N–H and O–H groups in total. The second-order valence-corrected chi connectivity index (χ2v) is 9.74. The van der Waals surface area contributed by atoms with Crippen LogP contribution >= 0.6 is 0 Å². The second-order valence-electron chi connectivity index (χ2n) is 9.74. The summed E-state index contributed by atoms with van der Waals surface area (Å²) in [4.78, 5) is 9.60. The number of rotatable bonds is 6. The van der Waals surface area contributed by atoms with Crippen molar-refractivity contribution < 1.29 is 14.3 Å². The maximum atomic E-state index is 9.60. The minimum absolute atomic E-state index is 0.318. The monoisotopic (exact) mass is 470 g/mol. The first-order valence-corrected chi connectivity index (χ1v) is 13.1. The van der Waals surface area contributed by atoms with Gasteiger partial charge >= 0.3 is 0 Å². The van der Waals surface area contributed by atoms with Gasteiger partial charge in [0.25, 0.3) is 6.47 Å². The van der Waals surface area contributed by atoms with Crippen LogP contribution in [-0.4, -0.2) is 24.8 Å². The summed E-state index contributed by atoms with van der Waals surface area (Å²) in [5.74, 6) is 0.941. The standard InChI is InChI=1S/C9H18O.C9H12.C8H10.C5H10O2/c1-3-10-9-6-4-8(2)5-7-9;1-2-6-9-7-4-3-5-8-9;1-2-8-6-4-3-5-7-8;1-5(2,3)7-4-6/h8-9H,3-7H2,1-2H3;3-5,7-8H,2,6H2,1H3;3-7H,2H2,1H3;4H,1-3H3. The predicted octanol–water partition coefficient (Wildman–Crippen LogP) is 8.45. The molecule has 1 saturated carbocycles. The van der Waals surface area contributed by atoms with Crippen LogP contribution in [0.15, 0.2) is 60.7 Å². The largest absolute Gasteiger partial charge is 0.462 e. The molecule has 1 fully saturated rings. The summed E-state index contributed by atoms with van der Waals surface area (Å²) >= 11 is 0. The lowest BCUT2D eigenvalue weighted by Gasteiger charge is -2.25. The molecular formula is C31H50O3. The van der Waals surface area contributed by atoms with Crippen LogP contribution in [0.5, 0.6) is 0 Å². The van der Waals surface area contributed by atoms with Crippen molar-refractivity contribution in [3.63, 3.8) is 0 Å². The molecule has 0 saturated heterocycles. The molecule has 1 aliphatic rings. The SMILES string of the molecule is CC(C)(C)OC=O.CCCc1ccccc1.CCOC1CCC(C)CC1.CCc1ccccc1. The number of ether oxygens (including phenoxy) is 2. The van der Waals surface area contributed by atoms with Crippen LogP contribution in [0.1, 0.15) is 91.7 Å². The molecule has 0 amide bonds. The molecule has 0 radical (unpaired) electrons. The Kier molecular flexibility index (Phi) is 19.0. The summed E-state index contributed by atoms with van der Waals surface area (Å²) in [6, 6.07) is 21.0. The van der Waals surface area contributed by atoms with Crippen molar-refractivity contribution in [3.05, 3.63) is 71.8 Å². The zero-order valence-corrected chi connectivity index (χ0v) is 22.9. The van der Waals surface area contributed by atoms with E-state index in [2.05, 4.69) is 87.0 Å². The lowest BCUT2D eigenvalue weighted by atomic mass is 9.89. The Morgan fingerprint density at radius 1 is 0.824 bits per heavy atom. The summed E-state index contributed by atoms with van der Waals surface area (Å²) in [5, 5.41) is 0. The highest BCUT2D eigenvalue weighted by molar-refractivity contribution is 5.37. The van der Waals surface area contributed by atoms with Gasteiger partial charge in [-0.2, -0.15) is 0 Å². The highest BCUT2D eigenvalue weighted by atomic mass is 16.5. The molecule has 2 aromatic carbocycles. The van der Waals surface area contributed by atoms with E-state index >= 15 is 0 Å². The van der Waals surface area contributed by atoms with Gasteiger partial charge in [-0.05, 0) is 83.3 Å². The minimum atomic E-state index is -0.318. The molecule has 0 spiro atoms. The third kappa shape index (κ3) is 19.3. The second kappa shape index (κ2) is 20.3. The molecule has 0 atom stereocenters. The van der Waals surface area contributed by atoms with Crippen LogP contribution in [0.25, 0.3) is 0 Å². The molecular weight excluding hydrogens is 420 g/mol. The number of benzene rings is 2. The summed E-state index contributed by atoms with van der Waals surface area (Å²) < 4.78 is 10.1. The van der Waals surface area contributed by atoms with Crippen molar-refractivity contribution in [3.8, 4) is 0 Å². The van der Waals surface area contributed by atoms with E-state index in [9.17, 15) is 4.79 Å². The van der Waals surface area contributed by atoms with Gasteiger partial charge in [-0.25, -0.2) is 0 Å². The molecule has 1 aliphatic carbocycles. The maximum Gasteiger partial charge on any atom is 0.293 e. The predicted molar refractivity (Wildman–Crippen MR) is 146 cm³/mol. The number of aryl methyl sites for hydroxylation is 2. The molecule has 192 valence electrons. The van der Waals surface area contributed by atoms with E-state index in [4.69, 9.17) is 4.74 Å². The number of carbonyl (C=O) groups is 1. The van der Waals surface area contributed by atoms with Gasteiger partial charge in [0.05, 0.1) is 6.10 Å². The summed E-state index contributed by atoms with van der Waals surface area (Å²) in [6.07, 6.45) is 9.48. The Labute approximate surface area is 210 Å². The Balaban J connectivity index is 0.000000431. The molecule has 0 heterocycles. The zero-order chi connectivity index (χ0) is 25.7. The van der Waals surface area contributed by atoms with Crippen LogP contribution in [0.4, 0.5) is 0 Å². The fourth-order valence-electron chi connectivity index (χ4n) is 3.42. The molecule has 3 rings (SSSR count). The van der Waals surface area contributed by atoms with Gasteiger partial charge in [-0.3, -0.25) is 4.79 Å². The van der Waals surface area contributed by atoms with Crippen LogP contribution in [0.3, 0.4) is 0 Å². The smallest absolute Gasteiger partial charge is 0.293 e. The van der Waals surface area contributed by atoms with Gasteiger partial charge in [-0.15, -0.1) is 0 Å². The summed E-state index contributed by atoms with van der Waals surface area (Å²) in [7, 11) is 0. The van der Waals surface area contributed by atoms with E-state index in [0.29, 0.717) is 12.6 Å². The van der Waals surface area contributed by atoms with E-state index in [1.54, 1.807) is 0 Å². The van der Waals surface area contributed by atoms with Gasteiger partial charge in [0.15, 0.2) is 0 Å². The molecule has 0 aromatic heterocycles. The number of hydrogen-bond donors (Lipinski definition) is 0. The lowest BCUT2D eigenvalue weighted by Crippen LogP contribution is -2.20. The average molecular weight is 471 g/mol. The van der Waals surface area contributed by atoms with Gasteiger partial charge in [-0.1, -0.05) is 87.9 Å². The molecule has 2 aromatic rings. The molecule has 34 heavy (non-hydrogen) atoms. The van der Waals surface area contributed by atoms with Crippen molar-refractivity contribution in [2.45, 2.75) is 105 Å². The molecule has 0 bridgehead atoms. The van der Waals surface area contributed by atoms with Gasteiger partial charge in [0.1, 0.15) is 5.60 Å². The van der Waals surface area contributed by atoms with Crippen LogP contribution in [0, 0.1) is 5.92 Å². The first-order chi connectivity index (χ1) is 16.3. The topological polar surface area (TPSA) is 35.5 Å². The highest BCUT2D eigenvalue weighted by Gasteiger charge is 2.17. The third-order valence-electron chi connectivity index (χ3n) is 5.40. The first kappa shape index (κ1) is 31.9. The van der Waals surface area contributed by atoms with E-state index in [1.807, 2.05) is 26.8 Å². The van der Waals surface area contributed by atoms with E-state index in [1.165, 1.54) is 49.7 Å². The first-order valence-electron chi connectivity index (χ1n) is 13.1. The molecule has 0 unspecified atom stereocenters. The van der Waals surface area contributed by atoms with Crippen molar-refractivity contribution in [2.75, 3.05) is 6.61 Å². The van der Waals surface area contributed by atoms with E-state index < -0.39 is 0 Å². The van der Waals surface area contributed by atoms with Crippen molar-refractivity contribution in [1.82, 2.24) is 0 Å². The minimum Gasteiger partial charge on any atom is -0.462 e. The number of carbonyl (C=O) groups excluding carboxylic acids is 1. The Bertz CT molecular complexity index is 684. The summed E-state index contributed by atoms with van der Waals surface area (Å²) in [6.45, 7) is 15.6. The van der Waals surface area contributed by atoms with Gasteiger partial charge in [0.2, 0.25) is 0 Å². The quantitative estimate of drug-likeness (QED) is 0.397. The Morgan fingerprint density at radius 3 is 1.65 bits per heavy atom. The molecule has 0 aliphatic heterocycles. The lowest BCUT2D eigenvalue weighted by molar-refractivity contribution is -0.138. The third-order valence-corrected chi connectivity index (χ3v) is 5.40. The Morgan fingerprint density at radius 2 is 1.32 bits per heavy atom. The Hall–Kier alpha value is -2.13. The molecule has 3 nitrogen and oxygen atoms in total. The van der Waals surface area contributed by atoms with E-state index in [0.717, 1.165) is 18.9 Å². The van der Waals surface area contributed by atoms with Crippen molar-refractivity contribution >= 4 is 6.47 Å². The van der Waals surface area contributed by atoms with Crippen LogP contribution in [0.2, 0.25) is 0 Å². The fourth-order valence-corrected chi connectivity index (χ4v) is 3.42. The highest BCUT2D eigenvalue weighted by Crippen LogP contribution is 2.25. The van der Waals surface area contributed by atoms with Gasteiger partial charge < -0.3 is 9.47 Å². The summed E-state index contributed by atoms with van der Waals surface area (Å²) in [5.41, 5.74) is 2.54. The zero-order valence-electron chi connectivity index (χ0n) is 22.9. The van der Waals surface area contributed by atoms with E-state index in [-0.39, 0.29) is 5.60 Å². The van der Waals surface area contributed by atoms with Gasteiger partial charge in [0, 0.05) is 6.61 Å². The average Bonchev–Trinajstić information content (AvgIpc) is 2.83. The van der Waals surface area contributed by atoms with Crippen molar-refractivity contribution in [2.24, 2.45) is 5.92 Å². The normalized spacial score (nSPS) is 16.9. The van der Waals surface area contributed by atoms with Crippen LogP contribution in [-0.2, 0) is 27.1 Å². The van der Waals surface area contributed by atoms with Crippen molar-refractivity contribution in [1.29, 1.82) is 0 Å².